The average molecular weight is 239 g/mol. The minimum absolute atomic E-state index is 0. The van der Waals surface area contributed by atoms with Crippen molar-refractivity contribution in [2.24, 2.45) is 0 Å². The minimum atomic E-state index is -0.237. The quantitative estimate of drug-likeness (QED) is 0.664. The van der Waals surface area contributed by atoms with Crippen LogP contribution in [0.5, 0.6) is 0 Å². The Hall–Kier alpha value is -0.810. The maximum atomic E-state index is 11.2. The number of ether oxygens (including phenoxy) is 1. The first-order chi connectivity index (χ1) is 6.61. The molecule has 5 nitrogen and oxygen atoms in total. The van der Waals surface area contributed by atoms with Crippen molar-refractivity contribution in [2.75, 3.05) is 34.3 Å². The molecular weight excluding hydrogens is 220 g/mol. The Morgan fingerprint density at radius 2 is 2.00 bits per heavy atom. The standard InChI is InChI=1S/C9H18N2O3.ClH/c1-10-7-8(12)11(2)6-4-5-9(13)14-3;/h10H,4-7H2,1-3H3;1H. The van der Waals surface area contributed by atoms with Crippen molar-refractivity contribution in [1.82, 2.24) is 10.2 Å². The van der Waals surface area contributed by atoms with Gasteiger partial charge in [-0.2, -0.15) is 0 Å². The van der Waals surface area contributed by atoms with E-state index in [0.29, 0.717) is 25.9 Å². The van der Waals surface area contributed by atoms with Crippen molar-refractivity contribution >= 4 is 24.3 Å². The molecule has 15 heavy (non-hydrogen) atoms. The highest BCUT2D eigenvalue weighted by Crippen LogP contribution is 1.94. The molecule has 0 aliphatic heterocycles. The fraction of sp³-hybridized carbons (Fsp3) is 0.778. The van der Waals surface area contributed by atoms with Crippen LogP contribution in [0.15, 0.2) is 0 Å². The van der Waals surface area contributed by atoms with E-state index < -0.39 is 0 Å². The number of nitrogens with one attached hydrogen (secondary N) is 1. The van der Waals surface area contributed by atoms with E-state index in [1.54, 1.807) is 19.0 Å². The Morgan fingerprint density at radius 1 is 1.40 bits per heavy atom. The maximum absolute atomic E-state index is 11.2. The van der Waals surface area contributed by atoms with Crippen LogP contribution in [0.25, 0.3) is 0 Å². The van der Waals surface area contributed by atoms with Gasteiger partial charge >= 0.3 is 5.97 Å². The third-order valence-corrected chi connectivity index (χ3v) is 1.86. The van der Waals surface area contributed by atoms with Crippen LogP contribution in [-0.2, 0) is 14.3 Å². The number of nitrogens with zero attached hydrogens (tertiary/aromatic N) is 1. The van der Waals surface area contributed by atoms with Gasteiger partial charge in [0, 0.05) is 20.0 Å². The summed E-state index contributed by atoms with van der Waals surface area (Å²) in [4.78, 5) is 23.6. The highest BCUT2D eigenvalue weighted by Gasteiger charge is 2.07. The van der Waals surface area contributed by atoms with E-state index in [9.17, 15) is 9.59 Å². The summed E-state index contributed by atoms with van der Waals surface area (Å²) in [7, 11) is 4.80. The Morgan fingerprint density at radius 3 is 2.47 bits per heavy atom. The smallest absolute Gasteiger partial charge is 0.305 e. The summed E-state index contributed by atoms with van der Waals surface area (Å²) in [5.74, 6) is -0.211. The Labute approximate surface area is 96.6 Å². The minimum Gasteiger partial charge on any atom is -0.469 e. The van der Waals surface area contributed by atoms with Crippen LogP contribution in [0, 0.1) is 0 Å². The molecule has 0 saturated carbocycles. The van der Waals surface area contributed by atoms with Crippen LogP contribution >= 0.6 is 12.4 Å². The summed E-state index contributed by atoms with van der Waals surface area (Å²) in [5, 5.41) is 2.78. The molecule has 0 rings (SSSR count). The van der Waals surface area contributed by atoms with Gasteiger partial charge in [-0.1, -0.05) is 0 Å². The van der Waals surface area contributed by atoms with Gasteiger partial charge in [0.25, 0.3) is 0 Å². The molecule has 0 aromatic rings. The molecule has 0 heterocycles. The lowest BCUT2D eigenvalue weighted by molar-refractivity contribution is -0.141. The lowest BCUT2D eigenvalue weighted by Gasteiger charge is -2.16. The van der Waals surface area contributed by atoms with Gasteiger partial charge in [-0.15, -0.1) is 12.4 Å². The number of halogens is 1. The van der Waals surface area contributed by atoms with Crippen LogP contribution in [0.2, 0.25) is 0 Å². The highest BCUT2D eigenvalue weighted by atomic mass is 35.5. The Kier molecular flexibility index (Phi) is 10.8. The molecule has 1 amide bonds. The molecule has 0 bridgehead atoms. The fourth-order valence-corrected chi connectivity index (χ4v) is 0.974. The average Bonchev–Trinajstić information content (AvgIpc) is 2.17. The fourth-order valence-electron chi connectivity index (χ4n) is 0.974. The topological polar surface area (TPSA) is 58.6 Å². The largest absolute Gasteiger partial charge is 0.469 e. The summed E-state index contributed by atoms with van der Waals surface area (Å²) in [6, 6.07) is 0. The summed E-state index contributed by atoms with van der Waals surface area (Å²) >= 11 is 0. The van der Waals surface area contributed by atoms with Crippen LogP contribution in [0.4, 0.5) is 0 Å². The van der Waals surface area contributed by atoms with Crippen LogP contribution in [-0.4, -0.2) is 51.1 Å². The molecular formula is C9H19ClN2O3. The van der Waals surface area contributed by atoms with Gasteiger partial charge in [0.2, 0.25) is 5.91 Å². The van der Waals surface area contributed by atoms with E-state index in [1.165, 1.54) is 7.11 Å². The van der Waals surface area contributed by atoms with E-state index in [1.807, 2.05) is 0 Å². The molecule has 0 unspecified atom stereocenters. The number of likely N-dealkylation sites (N-methyl/N-ethyl adjacent to an activating group) is 2. The van der Waals surface area contributed by atoms with Gasteiger partial charge in [0.1, 0.15) is 0 Å². The van der Waals surface area contributed by atoms with E-state index in [-0.39, 0.29) is 24.3 Å². The number of hydrogen-bond acceptors (Lipinski definition) is 4. The number of carbonyl (C=O) groups is 2. The zero-order chi connectivity index (χ0) is 11.0. The Bertz CT molecular complexity index is 200. The molecule has 0 radical (unpaired) electrons. The van der Waals surface area contributed by atoms with Crippen molar-refractivity contribution in [2.45, 2.75) is 12.8 Å². The normalized spacial score (nSPS) is 9.00. The first kappa shape index (κ1) is 16.6. The molecule has 0 saturated heterocycles. The summed E-state index contributed by atoms with van der Waals surface area (Å²) in [6.45, 7) is 0.907. The summed E-state index contributed by atoms with van der Waals surface area (Å²) in [6.07, 6.45) is 0.992. The number of hydrogen-bond donors (Lipinski definition) is 1. The molecule has 1 N–H and O–H groups in total. The molecule has 0 aliphatic rings. The SMILES string of the molecule is CNCC(=O)N(C)CCCC(=O)OC.Cl. The molecule has 0 spiro atoms. The first-order valence-electron chi connectivity index (χ1n) is 4.57. The van der Waals surface area contributed by atoms with Crippen molar-refractivity contribution in [3.63, 3.8) is 0 Å². The third-order valence-electron chi connectivity index (χ3n) is 1.86. The second-order valence-electron chi connectivity index (χ2n) is 3.03. The van der Waals surface area contributed by atoms with E-state index in [2.05, 4.69) is 10.1 Å². The van der Waals surface area contributed by atoms with E-state index in [0.717, 1.165) is 0 Å². The number of rotatable bonds is 6. The molecule has 0 aromatic heterocycles. The first-order valence-corrected chi connectivity index (χ1v) is 4.57. The number of carbonyl (C=O) groups excluding carboxylic acids is 2. The summed E-state index contributed by atoms with van der Waals surface area (Å²) in [5.41, 5.74) is 0. The molecule has 0 atom stereocenters. The lowest BCUT2D eigenvalue weighted by atomic mass is 10.3. The molecule has 6 heteroatoms. The Balaban J connectivity index is 0. The van der Waals surface area contributed by atoms with Crippen molar-refractivity contribution in [3.05, 3.63) is 0 Å². The van der Waals surface area contributed by atoms with Gasteiger partial charge in [0.15, 0.2) is 0 Å². The maximum Gasteiger partial charge on any atom is 0.305 e. The second-order valence-corrected chi connectivity index (χ2v) is 3.03. The highest BCUT2D eigenvalue weighted by molar-refractivity contribution is 5.85. The second kappa shape index (κ2) is 9.73. The van der Waals surface area contributed by atoms with Crippen molar-refractivity contribution in [3.8, 4) is 0 Å². The third kappa shape index (κ3) is 8.20. The zero-order valence-electron chi connectivity index (χ0n) is 9.41. The molecule has 0 aromatic carbocycles. The summed E-state index contributed by atoms with van der Waals surface area (Å²) < 4.78 is 4.49. The molecule has 0 aliphatic carbocycles. The van der Waals surface area contributed by atoms with Crippen LogP contribution in [0.1, 0.15) is 12.8 Å². The van der Waals surface area contributed by atoms with Crippen molar-refractivity contribution < 1.29 is 14.3 Å². The van der Waals surface area contributed by atoms with Gasteiger partial charge in [-0.3, -0.25) is 9.59 Å². The number of esters is 1. The van der Waals surface area contributed by atoms with Crippen LogP contribution < -0.4 is 5.32 Å². The lowest BCUT2D eigenvalue weighted by Crippen LogP contribution is -2.34. The van der Waals surface area contributed by atoms with E-state index in [4.69, 9.17) is 0 Å². The molecule has 90 valence electrons. The number of amides is 1. The zero-order valence-corrected chi connectivity index (χ0v) is 10.2. The van der Waals surface area contributed by atoms with Gasteiger partial charge < -0.3 is 15.0 Å². The van der Waals surface area contributed by atoms with Gasteiger partial charge in [-0.05, 0) is 13.5 Å². The number of methoxy groups -OCH3 is 1. The van der Waals surface area contributed by atoms with E-state index >= 15 is 0 Å². The monoisotopic (exact) mass is 238 g/mol. The van der Waals surface area contributed by atoms with Crippen molar-refractivity contribution in [1.29, 1.82) is 0 Å². The van der Waals surface area contributed by atoms with Gasteiger partial charge in [0.05, 0.1) is 13.7 Å². The predicted molar refractivity (Wildman–Crippen MR) is 60.1 cm³/mol. The predicted octanol–water partition coefficient (Wildman–Crippen LogP) is 0.0392. The molecule has 0 fully saturated rings. The van der Waals surface area contributed by atoms with Crippen LogP contribution in [0.3, 0.4) is 0 Å². The van der Waals surface area contributed by atoms with Gasteiger partial charge in [-0.25, -0.2) is 0 Å².